The Balaban J connectivity index is 1.32. The maximum absolute atomic E-state index is 12.7. The van der Waals surface area contributed by atoms with Crippen LogP contribution < -0.4 is 10.1 Å². The van der Waals surface area contributed by atoms with Gasteiger partial charge in [-0.3, -0.25) is 19.8 Å². The molecule has 0 unspecified atom stereocenters. The minimum absolute atomic E-state index is 0.106. The molecule has 166 valence electrons. The zero-order valence-electron chi connectivity index (χ0n) is 17.6. The number of nitro benzene ring substituents is 1. The summed E-state index contributed by atoms with van der Waals surface area (Å²) in [5.74, 6) is 1.10. The van der Waals surface area contributed by atoms with E-state index in [4.69, 9.17) is 9.26 Å². The summed E-state index contributed by atoms with van der Waals surface area (Å²) in [6.07, 6.45) is 1.31. The van der Waals surface area contributed by atoms with Gasteiger partial charge in [0, 0.05) is 23.6 Å². The lowest BCUT2D eigenvalue weighted by molar-refractivity contribution is -0.384. The minimum atomic E-state index is -0.506. The largest absolute Gasteiger partial charge is 0.495 e. The fourth-order valence-corrected chi connectivity index (χ4v) is 3.71. The van der Waals surface area contributed by atoms with Crippen LogP contribution in [0.1, 0.15) is 18.7 Å². The highest BCUT2D eigenvalue weighted by Crippen LogP contribution is 2.30. The van der Waals surface area contributed by atoms with Gasteiger partial charge in [0.05, 0.1) is 24.3 Å². The Labute approximate surface area is 184 Å². The predicted molar refractivity (Wildman–Crippen MR) is 116 cm³/mol. The maximum atomic E-state index is 12.7. The zero-order valence-corrected chi connectivity index (χ0v) is 17.6. The Morgan fingerprint density at radius 2 is 2.00 bits per heavy atom. The molecule has 0 spiro atoms. The molecule has 0 bridgehead atoms. The van der Waals surface area contributed by atoms with E-state index in [9.17, 15) is 14.9 Å². The topological polar surface area (TPSA) is 124 Å². The van der Waals surface area contributed by atoms with Gasteiger partial charge in [-0.1, -0.05) is 35.5 Å². The summed E-state index contributed by atoms with van der Waals surface area (Å²) in [5, 5.41) is 17.9. The van der Waals surface area contributed by atoms with Gasteiger partial charge in [-0.2, -0.15) is 4.98 Å². The fraction of sp³-hybridized carbons (Fsp3) is 0.318. The molecule has 4 rings (SSSR count). The van der Waals surface area contributed by atoms with Crippen LogP contribution in [0, 0.1) is 16.0 Å². The Kier molecular flexibility index (Phi) is 6.41. The average Bonchev–Trinajstić information content (AvgIpc) is 3.28. The highest BCUT2D eigenvalue weighted by Gasteiger charge is 2.27. The molecule has 0 radical (unpaired) electrons. The van der Waals surface area contributed by atoms with Crippen molar-refractivity contribution in [3.05, 3.63) is 64.5 Å². The Morgan fingerprint density at radius 1 is 1.25 bits per heavy atom. The molecule has 2 aromatic carbocycles. The van der Waals surface area contributed by atoms with E-state index in [-0.39, 0.29) is 17.5 Å². The van der Waals surface area contributed by atoms with Gasteiger partial charge in [-0.15, -0.1) is 0 Å². The number of anilines is 1. The van der Waals surface area contributed by atoms with Gasteiger partial charge in [0.2, 0.25) is 17.6 Å². The number of likely N-dealkylation sites (tertiary alicyclic amines) is 1. The smallest absolute Gasteiger partial charge is 0.271 e. The number of non-ortho nitro benzene ring substituents is 1. The number of carbonyl (C=O) groups excluding carboxylic acids is 1. The van der Waals surface area contributed by atoms with Crippen molar-refractivity contribution in [3.8, 4) is 17.1 Å². The highest BCUT2D eigenvalue weighted by molar-refractivity contribution is 5.94. The molecular weight excluding hydrogens is 414 g/mol. The van der Waals surface area contributed by atoms with E-state index in [1.807, 2.05) is 30.3 Å². The molecule has 2 heterocycles. The van der Waals surface area contributed by atoms with E-state index in [2.05, 4.69) is 20.4 Å². The molecule has 0 saturated carbocycles. The number of benzene rings is 2. The third-order valence-corrected chi connectivity index (χ3v) is 5.47. The molecule has 1 amide bonds. The van der Waals surface area contributed by atoms with Crippen molar-refractivity contribution in [2.45, 2.75) is 19.4 Å². The average molecular weight is 437 g/mol. The number of nitrogens with one attached hydrogen (secondary N) is 1. The normalized spacial score (nSPS) is 14.8. The lowest BCUT2D eigenvalue weighted by Gasteiger charge is -2.30. The van der Waals surface area contributed by atoms with Crippen LogP contribution in [0.3, 0.4) is 0 Å². The number of hydrogen-bond acceptors (Lipinski definition) is 8. The second-order valence-corrected chi connectivity index (χ2v) is 7.56. The molecule has 1 aliphatic heterocycles. The Bertz CT molecular complexity index is 1090. The summed E-state index contributed by atoms with van der Waals surface area (Å²) in [6, 6.07) is 13.8. The summed E-state index contributed by atoms with van der Waals surface area (Å²) >= 11 is 0. The highest BCUT2D eigenvalue weighted by atomic mass is 16.6. The molecule has 1 fully saturated rings. The first-order valence-electron chi connectivity index (χ1n) is 10.3. The first-order chi connectivity index (χ1) is 15.5. The van der Waals surface area contributed by atoms with E-state index in [1.165, 1.54) is 25.3 Å². The first kappa shape index (κ1) is 21.4. The summed E-state index contributed by atoms with van der Waals surface area (Å²) in [5.41, 5.74) is 1.09. The van der Waals surface area contributed by atoms with Gasteiger partial charge >= 0.3 is 0 Å². The van der Waals surface area contributed by atoms with Gasteiger partial charge in [-0.05, 0) is 32.0 Å². The quantitative estimate of drug-likeness (QED) is 0.440. The second kappa shape index (κ2) is 9.56. The van der Waals surface area contributed by atoms with Crippen molar-refractivity contribution >= 4 is 17.3 Å². The number of ether oxygens (including phenoxy) is 1. The lowest BCUT2D eigenvalue weighted by Crippen LogP contribution is -2.37. The molecule has 1 aliphatic rings. The molecule has 3 aromatic rings. The molecule has 1 saturated heterocycles. The second-order valence-electron chi connectivity index (χ2n) is 7.56. The Hall–Kier alpha value is -3.79. The van der Waals surface area contributed by atoms with Crippen molar-refractivity contribution in [1.82, 2.24) is 15.0 Å². The van der Waals surface area contributed by atoms with Gasteiger partial charge in [0.25, 0.3) is 5.69 Å². The number of piperidine rings is 1. The van der Waals surface area contributed by atoms with Gasteiger partial charge in [-0.25, -0.2) is 0 Å². The molecule has 1 N–H and O–H groups in total. The third kappa shape index (κ3) is 4.92. The van der Waals surface area contributed by atoms with Crippen LogP contribution >= 0.6 is 0 Å². The number of nitro groups is 1. The van der Waals surface area contributed by atoms with Gasteiger partial charge < -0.3 is 14.6 Å². The molecule has 0 aliphatic carbocycles. The van der Waals surface area contributed by atoms with Crippen LogP contribution in [0.5, 0.6) is 5.75 Å². The molecule has 10 heteroatoms. The van der Waals surface area contributed by atoms with E-state index in [1.54, 1.807) is 0 Å². The van der Waals surface area contributed by atoms with Crippen molar-refractivity contribution in [2.75, 3.05) is 25.5 Å². The van der Waals surface area contributed by atoms with Crippen LogP contribution in [0.2, 0.25) is 0 Å². The minimum Gasteiger partial charge on any atom is -0.495 e. The fourth-order valence-electron chi connectivity index (χ4n) is 3.71. The van der Waals surface area contributed by atoms with Gasteiger partial charge in [0.1, 0.15) is 5.75 Å². The first-order valence-corrected chi connectivity index (χ1v) is 10.3. The number of rotatable bonds is 7. The summed E-state index contributed by atoms with van der Waals surface area (Å²) in [6.45, 7) is 1.92. The number of carbonyl (C=O) groups is 1. The number of nitrogens with zero attached hydrogens (tertiary/aromatic N) is 4. The molecular formula is C22H23N5O5. The van der Waals surface area contributed by atoms with Crippen LogP contribution in [-0.2, 0) is 11.3 Å². The van der Waals surface area contributed by atoms with E-state index in [0.29, 0.717) is 55.6 Å². The molecule has 0 atom stereocenters. The van der Waals surface area contributed by atoms with E-state index in [0.717, 1.165) is 5.56 Å². The number of amides is 1. The summed E-state index contributed by atoms with van der Waals surface area (Å²) in [4.78, 5) is 29.9. The molecule has 32 heavy (non-hydrogen) atoms. The van der Waals surface area contributed by atoms with Crippen LogP contribution in [-0.4, -0.2) is 46.1 Å². The van der Waals surface area contributed by atoms with Crippen molar-refractivity contribution in [3.63, 3.8) is 0 Å². The standard InChI is InChI=1S/C22H23N5O5/c1-31-19-8-7-17(27(29)30)13-18(19)23-22(28)16-9-11-26(12-10-16)14-20-24-21(25-32-20)15-5-3-2-4-6-15/h2-8,13,16H,9-12,14H2,1H3,(H,23,28). The summed E-state index contributed by atoms with van der Waals surface area (Å²) in [7, 11) is 1.45. The van der Waals surface area contributed by atoms with Gasteiger partial charge in [0.15, 0.2) is 0 Å². The molecule has 10 nitrogen and oxygen atoms in total. The van der Waals surface area contributed by atoms with Crippen molar-refractivity contribution in [2.24, 2.45) is 5.92 Å². The maximum Gasteiger partial charge on any atom is 0.271 e. The number of aromatic nitrogens is 2. The number of methoxy groups -OCH3 is 1. The van der Waals surface area contributed by atoms with Crippen LogP contribution in [0.15, 0.2) is 53.1 Å². The third-order valence-electron chi connectivity index (χ3n) is 5.47. The number of hydrogen-bond donors (Lipinski definition) is 1. The van der Waals surface area contributed by atoms with Crippen LogP contribution in [0.4, 0.5) is 11.4 Å². The SMILES string of the molecule is COc1ccc([N+](=O)[O-])cc1NC(=O)C1CCN(Cc2nc(-c3ccccc3)no2)CC1. The molecule has 1 aromatic heterocycles. The van der Waals surface area contributed by atoms with E-state index < -0.39 is 4.92 Å². The summed E-state index contributed by atoms with van der Waals surface area (Å²) < 4.78 is 10.6. The lowest BCUT2D eigenvalue weighted by atomic mass is 9.95. The monoisotopic (exact) mass is 437 g/mol. The van der Waals surface area contributed by atoms with Crippen molar-refractivity contribution in [1.29, 1.82) is 0 Å². The van der Waals surface area contributed by atoms with Crippen LogP contribution in [0.25, 0.3) is 11.4 Å². The predicted octanol–water partition coefficient (Wildman–Crippen LogP) is 3.50. The Morgan fingerprint density at radius 3 is 2.69 bits per heavy atom. The van der Waals surface area contributed by atoms with E-state index >= 15 is 0 Å². The zero-order chi connectivity index (χ0) is 22.5. The van der Waals surface area contributed by atoms with Crippen molar-refractivity contribution < 1.29 is 19.0 Å².